The Hall–Kier alpha value is -0.600. The van der Waals surface area contributed by atoms with Crippen molar-refractivity contribution in [2.24, 2.45) is 11.3 Å². The minimum atomic E-state index is -0.238. The largest absolute Gasteiger partial charge is 0.310 e. The molecular weight excluding hydrogens is 273 g/mol. The summed E-state index contributed by atoms with van der Waals surface area (Å²) in [6, 6.07) is 3.47. The highest BCUT2D eigenvalue weighted by Crippen LogP contribution is 2.36. The molecule has 114 valence electrons. The van der Waals surface area contributed by atoms with Crippen LogP contribution in [-0.4, -0.2) is 6.54 Å². The van der Waals surface area contributed by atoms with Crippen LogP contribution in [0.5, 0.6) is 0 Å². The van der Waals surface area contributed by atoms with Crippen LogP contribution in [-0.2, 0) is 0 Å². The first kappa shape index (κ1) is 17.5. The predicted molar refractivity (Wildman–Crippen MR) is 85.8 cm³/mol. The fourth-order valence-corrected chi connectivity index (χ4v) is 2.50. The molecule has 0 saturated heterocycles. The van der Waals surface area contributed by atoms with Crippen LogP contribution < -0.4 is 5.32 Å². The van der Waals surface area contributed by atoms with Gasteiger partial charge in [0.05, 0.1) is 0 Å². The smallest absolute Gasteiger partial charge is 0.127 e. The molecule has 20 heavy (non-hydrogen) atoms. The van der Waals surface area contributed by atoms with Crippen molar-refractivity contribution in [2.45, 2.75) is 54.0 Å². The molecule has 2 atom stereocenters. The standard InChI is InChI=1S/C17H27ClFN/c1-7-20-16(9-12(3)17(4,5)6)13-8-11(2)15(19)10-14(13)18/h8,10,12,16,20H,7,9H2,1-6H3. The maximum absolute atomic E-state index is 13.6. The lowest BCUT2D eigenvalue weighted by atomic mass is 9.77. The average Bonchev–Trinajstić information content (AvgIpc) is 2.32. The summed E-state index contributed by atoms with van der Waals surface area (Å²) in [6.07, 6.45) is 0.988. The average molecular weight is 300 g/mol. The second-order valence-corrected chi connectivity index (χ2v) is 7.14. The molecule has 0 aliphatic heterocycles. The molecule has 1 nitrogen and oxygen atoms in total. The van der Waals surface area contributed by atoms with E-state index in [4.69, 9.17) is 11.6 Å². The van der Waals surface area contributed by atoms with E-state index < -0.39 is 0 Å². The van der Waals surface area contributed by atoms with E-state index in [1.165, 1.54) is 6.07 Å². The summed E-state index contributed by atoms with van der Waals surface area (Å²) in [4.78, 5) is 0. The Morgan fingerprint density at radius 2 is 1.90 bits per heavy atom. The molecule has 0 amide bonds. The fraction of sp³-hybridized carbons (Fsp3) is 0.647. The number of rotatable bonds is 5. The van der Waals surface area contributed by atoms with Crippen LogP contribution in [0.25, 0.3) is 0 Å². The van der Waals surface area contributed by atoms with Gasteiger partial charge in [0.25, 0.3) is 0 Å². The number of hydrogen-bond acceptors (Lipinski definition) is 1. The molecule has 0 fully saturated rings. The highest BCUT2D eigenvalue weighted by molar-refractivity contribution is 6.31. The summed E-state index contributed by atoms with van der Waals surface area (Å²) >= 11 is 6.25. The van der Waals surface area contributed by atoms with Crippen molar-refractivity contribution in [3.63, 3.8) is 0 Å². The second-order valence-electron chi connectivity index (χ2n) is 6.74. The Morgan fingerprint density at radius 3 is 2.40 bits per heavy atom. The minimum Gasteiger partial charge on any atom is -0.310 e. The van der Waals surface area contributed by atoms with Gasteiger partial charge in [0.1, 0.15) is 5.82 Å². The number of halogens is 2. The molecule has 0 aliphatic rings. The van der Waals surface area contributed by atoms with E-state index in [-0.39, 0.29) is 17.3 Å². The van der Waals surface area contributed by atoms with E-state index >= 15 is 0 Å². The molecule has 0 spiro atoms. The SMILES string of the molecule is CCNC(CC(C)C(C)(C)C)c1cc(C)c(F)cc1Cl. The van der Waals surface area contributed by atoms with Crippen molar-refractivity contribution in [2.75, 3.05) is 6.54 Å². The number of hydrogen-bond donors (Lipinski definition) is 1. The molecule has 0 heterocycles. The topological polar surface area (TPSA) is 12.0 Å². The van der Waals surface area contributed by atoms with Crippen LogP contribution in [0.2, 0.25) is 5.02 Å². The maximum atomic E-state index is 13.6. The van der Waals surface area contributed by atoms with E-state index in [9.17, 15) is 4.39 Å². The van der Waals surface area contributed by atoms with E-state index in [0.717, 1.165) is 18.5 Å². The van der Waals surface area contributed by atoms with Gasteiger partial charge < -0.3 is 5.32 Å². The van der Waals surface area contributed by atoms with E-state index in [1.54, 1.807) is 6.92 Å². The van der Waals surface area contributed by atoms with Gasteiger partial charge in [-0.25, -0.2) is 4.39 Å². The van der Waals surface area contributed by atoms with Crippen LogP contribution in [0.3, 0.4) is 0 Å². The number of aryl methyl sites for hydroxylation is 1. The monoisotopic (exact) mass is 299 g/mol. The molecule has 0 aromatic heterocycles. The zero-order valence-electron chi connectivity index (χ0n) is 13.5. The molecule has 0 radical (unpaired) electrons. The second kappa shape index (κ2) is 6.91. The lowest BCUT2D eigenvalue weighted by Gasteiger charge is -2.31. The number of benzene rings is 1. The summed E-state index contributed by atoms with van der Waals surface area (Å²) < 4.78 is 13.6. The van der Waals surface area contributed by atoms with Crippen molar-refractivity contribution in [3.8, 4) is 0 Å². The normalized spacial score (nSPS) is 15.2. The molecular formula is C17H27ClFN. The first-order valence-corrected chi connectivity index (χ1v) is 7.73. The van der Waals surface area contributed by atoms with Crippen molar-refractivity contribution >= 4 is 11.6 Å². The Bertz CT molecular complexity index is 451. The predicted octanol–water partition coefficient (Wildman–Crippen LogP) is 5.51. The number of nitrogens with one attached hydrogen (secondary N) is 1. The molecule has 1 aromatic rings. The summed E-state index contributed by atoms with van der Waals surface area (Å²) in [5, 5.41) is 4.00. The van der Waals surface area contributed by atoms with Gasteiger partial charge in [-0.3, -0.25) is 0 Å². The summed E-state index contributed by atoms with van der Waals surface area (Å²) in [7, 11) is 0. The minimum absolute atomic E-state index is 0.168. The lowest BCUT2D eigenvalue weighted by molar-refractivity contribution is 0.224. The highest BCUT2D eigenvalue weighted by atomic mass is 35.5. The van der Waals surface area contributed by atoms with Crippen molar-refractivity contribution in [1.29, 1.82) is 0 Å². The summed E-state index contributed by atoms with van der Waals surface area (Å²) in [6.45, 7) is 13.7. The summed E-state index contributed by atoms with van der Waals surface area (Å²) in [5.74, 6) is 0.297. The molecule has 1 aromatic carbocycles. The first-order chi connectivity index (χ1) is 9.16. The molecule has 0 aliphatic carbocycles. The third-order valence-corrected chi connectivity index (χ3v) is 4.50. The Labute approximate surface area is 127 Å². The Balaban J connectivity index is 3.05. The van der Waals surface area contributed by atoms with Gasteiger partial charge in [-0.2, -0.15) is 0 Å². The summed E-state index contributed by atoms with van der Waals surface area (Å²) in [5.41, 5.74) is 1.90. The quantitative estimate of drug-likeness (QED) is 0.756. The molecule has 3 heteroatoms. The molecule has 0 saturated carbocycles. The molecule has 2 unspecified atom stereocenters. The van der Waals surface area contributed by atoms with Crippen molar-refractivity contribution < 1.29 is 4.39 Å². The highest BCUT2D eigenvalue weighted by Gasteiger charge is 2.25. The molecule has 1 rings (SSSR count). The maximum Gasteiger partial charge on any atom is 0.127 e. The lowest BCUT2D eigenvalue weighted by Crippen LogP contribution is -2.27. The van der Waals surface area contributed by atoms with Gasteiger partial charge in [-0.15, -0.1) is 0 Å². The van der Waals surface area contributed by atoms with E-state index in [2.05, 4.69) is 39.9 Å². The Kier molecular flexibility index (Phi) is 6.03. The van der Waals surface area contributed by atoms with Gasteiger partial charge >= 0.3 is 0 Å². The van der Waals surface area contributed by atoms with E-state index in [0.29, 0.717) is 16.5 Å². The van der Waals surface area contributed by atoms with Crippen LogP contribution in [0.1, 0.15) is 58.2 Å². The first-order valence-electron chi connectivity index (χ1n) is 7.35. The van der Waals surface area contributed by atoms with Gasteiger partial charge in [0, 0.05) is 11.1 Å². The zero-order chi connectivity index (χ0) is 15.5. The van der Waals surface area contributed by atoms with Gasteiger partial charge in [-0.1, -0.05) is 52.3 Å². The molecule has 1 N–H and O–H groups in total. The zero-order valence-corrected chi connectivity index (χ0v) is 14.2. The van der Waals surface area contributed by atoms with Crippen LogP contribution >= 0.6 is 11.6 Å². The van der Waals surface area contributed by atoms with Crippen molar-refractivity contribution in [1.82, 2.24) is 5.32 Å². The van der Waals surface area contributed by atoms with Crippen molar-refractivity contribution in [3.05, 3.63) is 34.1 Å². The fourth-order valence-electron chi connectivity index (χ4n) is 2.22. The van der Waals surface area contributed by atoms with E-state index in [1.807, 2.05) is 6.07 Å². The van der Waals surface area contributed by atoms with Gasteiger partial charge in [-0.05, 0) is 48.4 Å². The van der Waals surface area contributed by atoms with Gasteiger partial charge in [0.2, 0.25) is 0 Å². The third kappa shape index (κ3) is 4.46. The molecule has 0 bridgehead atoms. The van der Waals surface area contributed by atoms with Crippen LogP contribution in [0.4, 0.5) is 4.39 Å². The third-order valence-electron chi connectivity index (χ3n) is 4.17. The Morgan fingerprint density at radius 1 is 1.30 bits per heavy atom. The van der Waals surface area contributed by atoms with Crippen LogP contribution in [0.15, 0.2) is 12.1 Å². The van der Waals surface area contributed by atoms with Gasteiger partial charge in [0.15, 0.2) is 0 Å². The van der Waals surface area contributed by atoms with Crippen LogP contribution in [0, 0.1) is 24.1 Å².